The van der Waals surface area contributed by atoms with Gasteiger partial charge < -0.3 is 5.32 Å². The van der Waals surface area contributed by atoms with Crippen LogP contribution in [0.2, 0.25) is 0 Å². The minimum atomic E-state index is -0.0322. The smallest absolute Gasteiger partial charge is 0.270 e. The third-order valence-electron chi connectivity index (χ3n) is 4.39. The second-order valence-electron chi connectivity index (χ2n) is 5.89. The van der Waals surface area contributed by atoms with Crippen LogP contribution in [0.3, 0.4) is 0 Å². The molecule has 1 saturated carbocycles. The molecule has 2 unspecified atom stereocenters. The summed E-state index contributed by atoms with van der Waals surface area (Å²) in [6, 6.07) is 5.76. The van der Waals surface area contributed by atoms with Crippen molar-refractivity contribution < 1.29 is 4.79 Å². The van der Waals surface area contributed by atoms with Crippen LogP contribution in [0.1, 0.15) is 62.9 Å². The Balaban J connectivity index is 2.00. The van der Waals surface area contributed by atoms with E-state index in [9.17, 15) is 4.79 Å². The molecule has 2 atom stereocenters. The Morgan fingerprint density at radius 3 is 3.05 bits per heavy atom. The number of hydrogen-bond donors (Lipinski definition) is 1. The number of hydrogen-bond acceptors (Lipinski definition) is 2. The van der Waals surface area contributed by atoms with Crippen LogP contribution < -0.4 is 5.32 Å². The van der Waals surface area contributed by atoms with Crippen molar-refractivity contribution in [2.45, 2.75) is 58.4 Å². The Bertz CT molecular complexity index is 418. The van der Waals surface area contributed by atoms with Crippen LogP contribution in [-0.4, -0.2) is 16.9 Å². The molecule has 104 valence electrons. The highest BCUT2D eigenvalue weighted by molar-refractivity contribution is 5.92. The first-order valence-corrected chi connectivity index (χ1v) is 7.37. The van der Waals surface area contributed by atoms with E-state index in [0.717, 1.165) is 6.42 Å². The van der Waals surface area contributed by atoms with Crippen LogP contribution in [-0.2, 0) is 0 Å². The van der Waals surface area contributed by atoms with E-state index in [1.165, 1.54) is 32.1 Å². The molecule has 1 heterocycles. The van der Waals surface area contributed by atoms with Crippen LogP contribution in [0.4, 0.5) is 0 Å². The molecule has 2 rings (SSSR count). The Kier molecular flexibility index (Phi) is 4.56. The minimum Gasteiger partial charge on any atom is -0.347 e. The van der Waals surface area contributed by atoms with E-state index in [1.54, 1.807) is 12.3 Å². The van der Waals surface area contributed by atoms with E-state index >= 15 is 0 Å². The van der Waals surface area contributed by atoms with E-state index in [0.29, 0.717) is 11.7 Å². The van der Waals surface area contributed by atoms with Crippen molar-refractivity contribution in [3.05, 3.63) is 30.1 Å². The highest BCUT2D eigenvalue weighted by Gasteiger charge is 2.39. The maximum atomic E-state index is 12.2. The first-order chi connectivity index (χ1) is 9.15. The maximum absolute atomic E-state index is 12.2. The predicted octanol–water partition coefficient (Wildman–Crippen LogP) is 3.56. The number of nitrogens with one attached hydrogen (secondary N) is 1. The molecule has 1 aromatic heterocycles. The molecule has 0 aliphatic heterocycles. The number of rotatable bonds is 5. The highest BCUT2D eigenvalue weighted by Crippen LogP contribution is 2.42. The van der Waals surface area contributed by atoms with Gasteiger partial charge in [-0.15, -0.1) is 0 Å². The standard InChI is InChI=1S/C16H24N2O/c1-3-4-10-16(2)11-7-9-14(16)18-15(19)13-8-5-6-12-17-13/h5-6,8,12,14H,3-4,7,9-11H2,1-2H3,(H,18,19). The summed E-state index contributed by atoms with van der Waals surface area (Å²) in [4.78, 5) is 16.3. The Morgan fingerprint density at radius 1 is 1.53 bits per heavy atom. The van der Waals surface area contributed by atoms with Gasteiger partial charge in [-0.1, -0.05) is 39.2 Å². The number of nitrogens with zero attached hydrogens (tertiary/aromatic N) is 1. The monoisotopic (exact) mass is 260 g/mol. The number of unbranched alkanes of at least 4 members (excludes halogenated alkanes) is 1. The zero-order chi connectivity index (χ0) is 13.7. The average Bonchev–Trinajstić information content (AvgIpc) is 2.79. The molecular weight excluding hydrogens is 236 g/mol. The molecule has 0 spiro atoms. The second kappa shape index (κ2) is 6.18. The SMILES string of the molecule is CCCCC1(C)CCCC1NC(=O)c1ccccn1. The third kappa shape index (κ3) is 3.34. The number of aromatic nitrogens is 1. The van der Waals surface area contributed by atoms with Crippen molar-refractivity contribution in [1.29, 1.82) is 0 Å². The quantitative estimate of drug-likeness (QED) is 0.879. The summed E-state index contributed by atoms with van der Waals surface area (Å²) in [5.41, 5.74) is 0.785. The fourth-order valence-electron chi connectivity index (χ4n) is 3.09. The minimum absolute atomic E-state index is 0.0322. The van der Waals surface area contributed by atoms with Gasteiger partial charge >= 0.3 is 0 Å². The van der Waals surface area contributed by atoms with Gasteiger partial charge in [-0.2, -0.15) is 0 Å². The summed E-state index contributed by atoms with van der Waals surface area (Å²) < 4.78 is 0. The normalized spacial score (nSPS) is 26.3. The van der Waals surface area contributed by atoms with E-state index in [-0.39, 0.29) is 11.3 Å². The highest BCUT2D eigenvalue weighted by atomic mass is 16.1. The lowest BCUT2D eigenvalue weighted by atomic mass is 9.80. The molecule has 1 aliphatic rings. The lowest BCUT2D eigenvalue weighted by molar-refractivity contribution is 0.0892. The van der Waals surface area contributed by atoms with E-state index in [1.807, 2.05) is 12.1 Å². The molecule has 1 aromatic rings. The van der Waals surface area contributed by atoms with Gasteiger partial charge in [-0.25, -0.2) is 0 Å². The number of pyridine rings is 1. The van der Waals surface area contributed by atoms with Crippen molar-refractivity contribution in [2.75, 3.05) is 0 Å². The molecule has 1 amide bonds. The molecule has 19 heavy (non-hydrogen) atoms. The van der Waals surface area contributed by atoms with Gasteiger partial charge in [-0.05, 0) is 36.8 Å². The largest absolute Gasteiger partial charge is 0.347 e. The van der Waals surface area contributed by atoms with Gasteiger partial charge in [0.2, 0.25) is 0 Å². The number of carbonyl (C=O) groups excluding carboxylic acids is 1. The summed E-state index contributed by atoms with van der Waals surface area (Å²) in [7, 11) is 0. The molecule has 3 heteroatoms. The topological polar surface area (TPSA) is 42.0 Å². The van der Waals surface area contributed by atoms with Crippen LogP contribution >= 0.6 is 0 Å². The number of carbonyl (C=O) groups is 1. The molecule has 1 aliphatic carbocycles. The second-order valence-corrected chi connectivity index (χ2v) is 5.89. The van der Waals surface area contributed by atoms with E-state index < -0.39 is 0 Å². The Labute approximate surface area is 115 Å². The van der Waals surface area contributed by atoms with Gasteiger partial charge in [0.15, 0.2) is 0 Å². The van der Waals surface area contributed by atoms with Crippen LogP contribution in [0, 0.1) is 5.41 Å². The van der Waals surface area contributed by atoms with Gasteiger partial charge in [0.1, 0.15) is 5.69 Å². The number of amides is 1. The molecule has 0 saturated heterocycles. The van der Waals surface area contributed by atoms with Gasteiger partial charge in [0.05, 0.1) is 0 Å². The molecule has 0 aromatic carbocycles. The molecule has 1 N–H and O–H groups in total. The average molecular weight is 260 g/mol. The van der Waals surface area contributed by atoms with Crippen molar-refractivity contribution in [3.8, 4) is 0 Å². The van der Waals surface area contributed by atoms with Gasteiger partial charge in [-0.3, -0.25) is 9.78 Å². The summed E-state index contributed by atoms with van der Waals surface area (Å²) >= 11 is 0. The van der Waals surface area contributed by atoms with Crippen molar-refractivity contribution in [3.63, 3.8) is 0 Å². The van der Waals surface area contributed by atoms with Crippen molar-refractivity contribution in [2.24, 2.45) is 5.41 Å². The fourth-order valence-corrected chi connectivity index (χ4v) is 3.09. The van der Waals surface area contributed by atoms with E-state index in [4.69, 9.17) is 0 Å². The lowest BCUT2D eigenvalue weighted by Gasteiger charge is -2.32. The summed E-state index contributed by atoms with van der Waals surface area (Å²) in [6.45, 7) is 4.54. The molecule has 3 nitrogen and oxygen atoms in total. The van der Waals surface area contributed by atoms with Crippen molar-refractivity contribution in [1.82, 2.24) is 10.3 Å². The summed E-state index contributed by atoms with van der Waals surface area (Å²) in [6.07, 6.45) is 8.87. The van der Waals surface area contributed by atoms with Crippen LogP contribution in [0.15, 0.2) is 24.4 Å². The first kappa shape index (κ1) is 14.0. The van der Waals surface area contributed by atoms with Gasteiger partial charge in [0.25, 0.3) is 5.91 Å². The summed E-state index contributed by atoms with van der Waals surface area (Å²) in [5.74, 6) is -0.0322. The summed E-state index contributed by atoms with van der Waals surface area (Å²) in [5, 5.41) is 3.19. The Morgan fingerprint density at radius 2 is 2.37 bits per heavy atom. The predicted molar refractivity (Wildman–Crippen MR) is 77.0 cm³/mol. The Hall–Kier alpha value is -1.38. The van der Waals surface area contributed by atoms with Crippen molar-refractivity contribution >= 4 is 5.91 Å². The molecule has 0 bridgehead atoms. The molecule has 0 radical (unpaired) electrons. The molecular formula is C16H24N2O. The van der Waals surface area contributed by atoms with Crippen LogP contribution in [0.25, 0.3) is 0 Å². The zero-order valence-corrected chi connectivity index (χ0v) is 12.0. The van der Waals surface area contributed by atoms with Crippen LogP contribution in [0.5, 0.6) is 0 Å². The first-order valence-electron chi connectivity index (χ1n) is 7.37. The lowest BCUT2D eigenvalue weighted by Crippen LogP contribution is -2.43. The third-order valence-corrected chi connectivity index (χ3v) is 4.39. The maximum Gasteiger partial charge on any atom is 0.270 e. The zero-order valence-electron chi connectivity index (χ0n) is 12.0. The van der Waals surface area contributed by atoms with E-state index in [2.05, 4.69) is 24.1 Å². The molecule has 1 fully saturated rings. The van der Waals surface area contributed by atoms with Gasteiger partial charge in [0, 0.05) is 12.2 Å². The fraction of sp³-hybridized carbons (Fsp3) is 0.625.